The summed E-state index contributed by atoms with van der Waals surface area (Å²) < 4.78 is 25.8. The fourth-order valence-corrected chi connectivity index (χ4v) is 4.16. The second kappa shape index (κ2) is 7.57. The molecule has 124 valence electrons. The van der Waals surface area contributed by atoms with Gasteiger partial charge in [-0.15, -0.1) is 0 Å². The Balaban J connectivity index is 1.99. The van der Waals surface area contributed by atoms with Crippen molar-refractivity contribution in [1.82, 2.24) is 9.21 Å². The SMILES string of the molecule is CCCCS(=O)(=O)N1CCN(C(=O)c2cccc(C#N)c2)CC1. The molecule has 0 spiro atoms. The molecule has 7 heteroatoms. The Bertz CT molecular complexity index is 702. The summed E-state index contributed by atoms with van der Waals surface area (Å²) in [7, 11) is -3.22. The third-order valence-corrected chi connectivity index (χ3v) is 5.87. The predicted molar refractivity (Wildman–Crippen MR) is 87.3 cm³/mol. The number of nitrogens with zero attached hydrogens (tertiary/aromatic N) is 3. The molecule has 0 N–H and O–H groups in total. The van der Waals surface area contributed by atoms with Crippen LogP contribution in [0.1, 0.15) is 35.7 Å². The highest BCUT2D eigenvalue weighted by molar-refractivity contribution is 7.89. The summed E-state index contributed by atoms with van der Waals surface area (Å²) in [6.45, 7) is 3.37. The molecule has 0 saturated carbocycles. The second-order valence-electron chi connectivity index (χ2n) is 5.55. The molecular formula is C16H21N3O3S. The Labute approximate surface area is 137 Å². The number of rotatable bonds is 5. The number of carbonyl (C=O) groups is 1. The minimum atomic E-state index is -3.22. The largest absolute Gasteiger partial charge is 0.336 e. The van der Waals surface area contributed by atoms with Crippen LogP contribution in [-0.2, 0) is 10.0 Å². The third-order valence-electron chi connectivity index (χ3n) is 3.91. The molecule has 1 aliphatic rings. The van der Waals surface area contributed by atoms with Crippen molar-refractivity contribution in [2.45, 2.75) is 19.8 Å². The Kier molecular flexibility index (Phi) is 5.74. The average molecular weight is 335 g/mol. The van der Waals surface area contributed by atoms with Gasteiger partial charge in [0.25, 0.3) is 5.91 Å². The maximum atomic E-state index is 12.4. The topological polar surface area (TPSA) is 81.5 Å². The van der Waals surface area contributed by atoms with Gasteiger partial charge in [-0.25, -0.2) is 8.42 Å². The van der Waals surface area contributed by atoms with Gasteiger partial charge < -0.3 is 4.90 Å². The molecular weight excluding hydrogens is 314 g/mol. The van der Waals surface area contributed by atoms with Gasteiger partial charge in [0.05, 0.1) is 17.4 Å². The van der Waals surface area contributed by atoms with E-state index in [1.54, 1.807) is 29.2 Å². The molecule has 0 unspecified atom stereocenters. The first-order valence-electron chi connectivity index (χ1n) is 7.75. The first kappa shape index (κ1) is 17.4. The molecule has 0 aromatic heterocycles. The van der Waals surface area contributed by atoms with Gasteiger partial charge in [0, 0.05) is 31.7 Å². The monoisotopic (exact) mass is 335 g/mol. The number of piperazine rings is 1. The standard InChI is InChI=1S/C16H21N3O3S/c1-2-3-11-23(21,22)19-9-7-18(8-10-19)16(20)15-6-4-5-14(12-15)13-17/h4-6,12H,2-3,7-11H2,1H3. The van der Waals surface area contributed by atoms with Gasteiger partial charge in [-0.3, -0.25) is 4.79 Å². The summed E-state index contributed by atoms with van der Waals surface area (Å²) in [4.78, 5) is 14.1. The molecule has 1 fully saturated rings. The molecule has 0 bridgehead atoms. The van der Waals surface area contributed by atoms with Crippen LogP contribution in [0, 0.1) is 11.3 Å². The number of hydrogen-bond acceptors (Lipinski definition) is 4. The Morgan fingerprint density at radius 2 is 1.96 bits per heavy atom. The van der Waals surface area contributed by atoms with Crippen LogP contribution in [0.4, 0.5) is 0 Å². The van der Waals surface area contributed by atoms with Gasteiger partial charge in [0.2, 0.25) is 10.0 Å². The lowest BCUT2D eigenvalue weighted by Gasteiger charge is -2.34. The van der Waals surface area contributed by atoms with E-state index in [0.29, 0.717) is 43.7 Å². The number of carbonyl (C=O) groups excluding carboxylic acids is 1. The van der Waals surface area contributed by atoms with E-state index in [1.165, 1.54) is 4.31 Å². The van der Waals surface area contributed by atoms with E-state index in [1.807, 2.05) is 13.0 Å². The van der Waals surface area contributed by atoms with E-state index in [2.05, 4.69) is 0 Å². The zero-order chi connectivity index (χ0) is 16.9. The fraction of sp³-hybridized carbons (Fsp3) is 0.500. The van der Waals surface area contributed by atoms with Crippen LogP contribution in [-0.4, -0.2) is 55.5 Å². The van der Waals surface area contributed by atoms with Crippen LogP contribution < -0.4 is 0 Å². The van der Waals surface area contributed by atoms with E-state index >= 15 is 0 Å². The molecule has 2 rings (SSSR count). The minimum Gasteiger partial charge on any atom is -0.336 e. The van der Waals surface area contributed by atoms with E-state index in [9.17, 15) is 13.2 Å². The van der Waals surface area contributed by atoms with E-state index in [-0.39, 0.29) is 11.7 Å². The second-order valence-corrected chi connectivity index (χ2v) is 7.64. The number of sulfonamides is 1. The number of unbranched alkanes of at least 4 members (excludes halogenated alkanes) is 1. The van der Waals surface area contributed by atoms with Crippen molar-refractivity contribution >= 4 is 15.9 Å². The highest BCUT2D eigenvalue weighted by Gasteiger charge is 2.28. The highest BCUT2D eigenvalue weighted by atomic mass is 32.2. The van der Waals surface area contributed by atoms with Crippen molar-refractivity contribution < 1.29 is 13.2 Å². The lowest BCUT2D eigenvalue weighted by molar-refractivity contribution is 0.0698. The van der Waals surface area contributed by atoms with Gasteiger partial charge in [0.15, 0.2) is 0 Å². The van der Waals surface area contributed by atoms with Gasteiger partial charge in [-0.1, -0.05) is 19.4 Å². The van der Waals surface area contributed by atoms with E-state index in [4.69, 9.17) is 5.26 Å². The van der Waals surface area contributed by atoms with E-state index < -0.39 is 10.0 Å². The summed E-state index contributed by atoms with van der Waals surface area (Å²) in [6, 6.07) is 8.58. The maximum absolute atomic E-state index is 12.4. The molecule has 0 atom stereocenters. The molecule has 1 amide bonds. The van der Waals surface area contributed by atoms with Crippen LogP contribution in [0.3, 0.4) is 0 Å². The Morgan fingerprint density at radius 3 is 2.57 bits per heavy atom. The zero-order valence-corrected chi connectivity index (χ0v) is 14.1. The summed E-state index contributed by atoms with van der Waals surface area (Å²) in [5.74, 6) is 0.00878. The van der Waals surface area contributed by atoms with Crippen LogP contribution in [0.15, 0.2) is 24.3 Å². The number of nitriles is 1. The van der Waals surface area contributed by atoms with Crippen molar-refractivity contribution in [3.05, 3.63) is 35.4 Å². The van der Waals surface area contributed by atoms with Crippen molar-refractivity contribution in [3.63, 3.8) is 0 Å². The number of benzene rings is 1. The molecule has 1 aromatic carbocycles. The fourth-order valence-electron chi connectivity index (χ4n) is 2.53. The molecule has 0 radical (unpaired) electrons. The average Bonchev–Trinajstić information content (AvgIpc) is 2.59. The Hall–Kier alpha value is -1.91. The van der Waals surface area contributed by atoms with Crippen molar-refractivity contribution in [2.75, 3.05) is 31.9 Å². The lowest BCUT2D eigenvalue weighted by atomic mass is 10.1. The van der Waals surface area contributed by atoms with Crippen LogP contribution in [0.5, 0.6) is 0 Å². The molecule has 23 heavy (non-hydrogen) atoms. The number of amides is 1. The van der Waals surface area contributed by atoms with E-state index in [0.717, 1.165) is 6.42 Å². The van der Waals surface area contributed by atoms with Crippen LogP contribution in [0.2, 0.25) is 0 Å². The summed E-state index contributed by atoms with van der Waals surface area (Å²) in [5.41, 5.74) is 0.906. The third kappa shape index (κ3) is 4.30. The molecule has 0 aliphatic carbocycles. The molecule has 1 aliphatic heterocycles. The van der Waals surface area contributed by atoms with Gasteiger partial charge >= 0.3 is 0 Å². The van der Waals surface area contributed by atoms with Crippen LogP contribution >= 0.6 is 0 Å². The normalized spacial score (nSPS) is 16.1. The summed E-state index contributed by atoms with van der Waals surface area (Å²) in [6.07, 6.45) is 1.50. The van der Waals surface area contributed by atoms with Crippen molar-refractivity contribution in [1.29, 1.82) is 5.26 Å². The predicted octanol–water partition coefficient (Wildman–Crippen LogP) is 1.45. The minimum absolute atomic E-state index is 0.160. The zero-order valence-electron chi connectivity index (χ0n) is 13.2. The van der Waals surface area contributed by atoms with Gasteiger partial charge in [0.1, 0.15) is 0 Å². The highest BCUT2D eigenvalue weighted by Crippen LogP contribution is 2.13. The summed E-state index contributed by atoms with van der Waals surface area (Å²) in [5, 5.41) is 8.90. The molecule has 1 aromatic rings. The molecule has 1 heterocycles. The van der Waals surface area contributed by atoms with Crippen molar-refractivity contribution in [2.24, 2.45) is 0 Å². The Morgan fingerprint density at radius 1 is 1.26 bits per heavy atom. The smallest absolute Gasteiger partial charge is 0.253 e. The van der Waals surface area contributed by atoms with Crippen LogP contribution in [0.25, 0.3) is 0 Å². The lowest BCUT2D eigenvalue weighted by Crippen LogP contribution is -2.51. The quantitative estimate of drug-likeness (QED) is 0.815. The van der Waals surface area contributed by atoms with Crippen molar-refractivity contribution in [3.8, 4) is 6.07 Å². The molecule has 6 nitrogen and oxygen atoms in total. The number of hydrogen-bond donors (Lipinski definition) is 0. The first-order chi connectivity index (χ1) is 11.0. The van der Waals surface area contributed by atoms with Gasteiger partial charge in [-0.05, 0) is 24.6 Å². The first-order valence-corrected chi connectivity index (χ1v) is 9.36. The molecule has 1 saturated heterocycles. The maximum Gasteiger partial charge on any atom is 0.253 e. The van der Waals surface area contributed by atoms with Gasteiger partial charge in [-0.2, -0.15) is 9.57 Å². The summed E-state index contributed by atoms with van der Waals surface area (Å²) >= 11 is 0.